The van der Waals surface area contributed by atoms with E-state index in [0.717, 1.165) is 25.3 Å². The van der Waals surface area contributed by atoms with Crippen LogP contribution in [0.4, 0.5) is 0 Å². The number of H-pyrrole nitrogens is 1. The molecule has 106 valence electrons. The van der Waals surface area contributed by atoms with E-state index in [1.54, 1.807) is 0 Å². The van der Waals surface area contributed by atoms with Gasteiger partial charge in [0.25, 0.3) is 0 Å². The Kier molecular flexibility index (Phi) is 4.00. The molecular weight excluding hydrogens is 270 g/mol. The molecule has 0 spiro atoms. The largest absolute Gasteiger partial charge is 0.315 e. The second kappa shape index (κ2) is 5.91. The van der Waals surface area contributed by atoms with Crippen LogP contribution in [0.1, 0.15) is 24.2 Å². The molecule has 4 nitrogen and oxygen atoms in total. The lowest BCUT2D eigenvalue weighted by molar-refractivity contribution is 0.126. The molecule has 1 fully saturated rings. The van der Waals surface area contributed by atoms with Crippen LogP contribution in [0.2, 0.25) is 0 Å². The number of hydrogen-bond donors (Lipinski definition) is 2. The van der Waals surface area contributed by atoms with Crippen LogP contribution in [-0.4, -0.2) is 29.0 Å². The van der Waals surface area contributed by atoms with Gasteiger partial charge >= 0.3 is 4.87 Å². The normalized spacial score (nSPS) is 23.9. The SMILES string of the molecule is CC1CN(Cc2csc(=O)[nH]2)C(c2ccccc2)CN1. The molecule has 1 aliphatic heterocycles. The van der Waals surface area contributed by atoms with Crippen LogP contribution in [0.25, 0.3) is 0 Å². The summed E-state index contributed by atoms with van der Waals surface area (Å²) < 4.78 is 0. The lowest BCUT2D eigenvalue weighted by atomic mass is 10.0. The van der Waals surface area contributed by atoms with Crippen LogP contribution in [0.5, 0.6) is 0 Å². The van der Waals surface area contributed by atoms with Gasteiger partial charge in [-0.2, -0.15) is 0 Å². The first-order valence-electron chi connectivity index (χ1n) is 6.91. The van der Waals surface area contributed by atoms with E-state index < -0.39 is 0 Å². The average molecular weight is 289 g/mol. The van der Waals surface area contributed by atoms with Crippen LogP contribution in [0.3, 0.4) is 0 Å². The predicted octanol–water partition coefficient (Wildman–Crippen LogP) is 1.97. The molecule has 2 aromatic rings. The highest BCUT2D eigenvalue weighted by molar-refractivity contribution is 7.07. The lowest BCUT2D eigenvalue weighted by Gasteiger charge is -2.39. The summed E-state index contributed by atoms with van der Waals surface area (Å²) in [7, 11) is 0. The van der Waals surface area contributed by atoms with Crippen molar-refractivity contribution in [1.29, 1.82) is 0 Å². The number of nitrogens with one attached hydrogen (secondary N) is 2. The average Bonchev–Trinajstić information content (AvgIpc) is 2.85. The van der Waals surface area contributed by atoms with E-state index in [4.69, 9.17) is 0 Å². The van der Waals surface area contributed by atoms with Crippen LogP contribution in [-0.2, 0) is 6.54 Å². The number of benzene rings is 1. The van der Waals surface area contributed by atoms with Gasteiger partial charge in [0.1, 0.15) is 0 Å². The molecule has 1 aliphatic rings. The van der Waals surface area contributed by atoms with E-state index in [1.165, 1.54) is 16.9 Å². The van der Waals surface area contributed by atoms with Crippen molar-refractivity contribution in [3.63, 3.8) is 0 Å². The molecule has 2 heterocycles. The maximum atomic E-state index is 11.3. The minimum absolute atomic E-state index is 0.0273. The summed E-state index contributed by atoms with van der Waals surface area (Å²) in [6.07, 6.45) is 0. The van der Waals surface area contributed by atoms with Crippen molar-refractivity contribution < 1.29 is 0 Å². The summed E-state index contributed by atoms with van der Waals surface area (Å²) in [6.45, 7) is 4.92. The van der Waals surface area contributed by atoms with Crippen LogP contribution < -0.4 is 10.2 Å². The van der Waals surface area contributed by atoms with E-state index in [1.807, 2.05) is 11.4 Å². The molecule has 0 saturated carbocycles. The Hall–Kier alpha value is -1.43. The minimum Gasteiger partial charge on any atom is -0.315 e. The molecule has 2 atom stereocenters. The Morgan fingerprint density at radius 2 is 2.15 bits per heavy atom. The number of piperazine rings is 1. The maximum absolute atomic E-state index is 11.3. The number of hydrogen-bond acceptors (Lipinski definition) is 4. The Balaban J connectivity index is 1.82. The van der Waals surface area contributed by atoms with Gasteiger partial charge in [0.2, 0.25) is 0 Å². The summed E-state index contributed by atoms with van der Waals surface area (Å²) >= 11 is 1.24. The molecule has 5 heteroatoms. The third kappa shape index (κ3) is 3.00. The Morgan fingerprint density at radius 1 is 1.35 bits per heavy atom. The van der Waals surface area contributed by atoms with Gasteiger partial charge in [0.15, 0.2) is 0 Å². The third-order valence-corrected chi connectivity index (χ3v) is 4.46. The van der Waals surface area contributed by atoms with Crippen molar-refractivity contribution in [1.82, 2.24) is 15.2 Å². The zero-order chi connectivity index (χ0) is 13.9. The predicted molar refractivity (Wildman–Crippen MR) is 82.0 cm³/mol. The molecule has 0 aliphatic carbocycles. The topological polar surface area (TPSA) is 48.1 Å². The van der Waals surface area contributed by atoms with Gasteiger partial charge in [0.05, 0.1) is 0 Å². The van der Waals surface area contributed by atoms with Crippen LogP contribution in [0.15, 0.2) is 40.5 Å². The molecular formula is C15H19N3OS. The van der Waals surface area contributed by atoms with Gasteiger partial charge in [-0.05, 0) is 12.5 Å². The van der Waals surface area contributed by atoms with Crippen molar-refractivity contribution >= 4 is 11.3 Å². The first-order chi connectivity index (χ1) is 9.72. The van der Waals surface area contributed by atoms with Gasteiger partial charge in [-0.3, -0.25) is 9.69 Å². The van der Waals surface area contributed by atoms with Crippen molar-refractivity contribution in [2.45, 2.75) is 25.6 Å². The maximum Gasteiger partial charge on any atom is 0.304 e. The second-order valence-corrected chi connectivity index (χ2v) is 6.18. The van der Waals surface area contributed by atoms with Crippen molar-refractivity contribution in [3.05, 3.63) is 56.6 Å². The number of rotatable bonds is 3. The highest BCUT2D eigenvalue weighted by Gasteiger charge is 2.27. The molecule has 2 N–H and O–H groups in total. The molecule has 0 bridgehead atoms. The fourth-order valence-electron chi connectivity index (χ4n) is 2.77. The molecule has 2 unspecified atom stereocenters. The smallest absolute Gasteiger partial charge is 0.304 e. The Labute approximate surface area is 122 Å². The van der Waals surface area contributed by atoms with Crippen molar-refractivity contribution in [2.24, 2.45) is 0 Å². The summed E-state index contributed by atoms with van der Waals surface area (Å²) in [5.41, 5.74) is 2.33. The van der Waals surface area contributed by atoms with Crippen molar-refractivity contribution in [3.8, 4) is 0 Å². The number of aromatic amines is 1. The van der Waals surface area contributed by atoms with Gasteiger partial charge in [-0.15, -0.1) is 0 Å². The summed E-state index contributed by atoms with van der Waals surface area (Å²) in [6, 6.07) is 11.4. The van der Waals surface area contributed by atoms with Gasteiger partial charge < -0.3 is 10.3 Å². The van der Waals surface area contributed by atoms with Gasteiger partial charge in [-0.1, -0.05) is 41.7 Å². The monoisotopic (exact) mass is 289 g/mol. The summed E-state index contributed by atoms with van der Waals surface area (Å²) in [5.74, 6) is 0. The number of aromatic nitrogens is 1. The molecule has 0 radical (unpaired) electrons. The summed E-state index contributed by atoms with van der Waals surface area (Å²) in [5, 5.41) is 5.47. The Morgan fingerprint density at radius 3 is 2.85 bits per heavy atom. The fraction of sp³-hybridized carbons (Fsp3) is 0.400. The van der Waals surface area contributed by atoms with Gasteiger partial charge in [0, 0.05) is 42.8 Å². The quantitative estimate of drug-likeness (QED) is 0.908. The van der Waals surface area contributed by atoms with E-state index in [-0.39, 0.29) is 4.87 Å². The van der Waals surface area contributed by atoms with E-state index in [9.17, 15) is 4.79 Å². The minimum atomic E-state index is 0.0273. The summed E-state index contributed by atoms with van der Waals surface area (Å²) in [4.78, 5) is 16.7. The zero-order valence-corrected chi connectivity index (χ0v) is 12.3. The van der Waals surface area contributed by atoms with E-state index >= 15 is 0 Å². The number of thiazole rings is 1. The second-order valence-electron chi connectivity index (χ2n) is 5.34. The fourth-order valence-corrected chi connectivity index (χ4v) is 3.35. The third-order valence-electron chi connectivity index (χ3n) is 3.74. The molecule has 0 amide bonds. The van der Waals surface area contributed by atoms with E-state index in [0.29, 0.717) is 12.1 Å². The van der Waals surface area contributed by atoms with Crippen LogP contribution >= 0.6 is 11.3 Å². The Bertz CT molecular complexity index is 607. The molecule has 1 aromatic carbocycles. The highest BCUT2D eigenvalue weighted by Crippen LogP contribution is 2.25. The van der Waals surface area contributed by atoms with Crippen LogP contribution in [0, 0.1) is 0 Å². The lowest BCUT2D eigenvalue weighted by Crippen LogP contribution is -2.50. The molecule has 1 aromatic heterocycles. The first kappa shape index (κ1) is 13.5. The molecule has 1 saturated heterocycles. The standard InChI is InChI=1S/C15H19N3OS/c1-11-8-18(9-13-10-20-15(19)17-13)14(7-16-11)12-5-3-2-4-6-12/h2-6,10-11,14,16H,7-9H2,1H3,(H,17,19). The highest BCUT2D eigenvalue weighted by atomic mass is 32.1. The molecule has 20 heavy (non-hydrogen) atoms. The first-order valence-corrected chi connectivity index (χ1v) is 7.79. The van der Waals surface area contributed by atoms with Gasteiger partial charge in [-0.25, -0.2) is 0 Å². The van der Waals surface area contributed by atoms with Crippen molar-refractivity contribution in [2.75, 3.05) is 13.1 Å². The van der Waals surface area contributed by atoms with E-state index in [2.05, 4.69) is 46.4 Å². The molecule has 3 rings (SSSR count). The zero-order valence-electron chi connectivity index (χ0n) is 11.5. The number of nitrogens with zero attached hydrogens (tertiary/aromatic N) is 1.